The Hall–Kier alpha value is -2.52. The third-order valence-electron chi connectivity index (χ3n) is 6.43. The molecule has 1 aromatic carbocycles. The van der Waals surface area contributed by atoms with Crippen LogP contribution in [0.25, 0.3) is 0 Å². The van der Waals surface area contributed by atoms with E-state index in [1.54, 1.807) is 6.20 Å². The van der Waals surface area contributed by atoms with Gasteiger partial charge in [0.25, 0.3) is 0 Å². The van der Waals surface area contributed by atoms with Gasteiger partial charge >= 0.3 is 0 Å². The zero-order valence-corrected chi connectivity index (χ0v) is 18.8. The van der Waals surface area contributed by atoms with E-state index < -0.39 is 10.8 Å². The van der Waals surface area contributed by atoms with Gasteiger partial charge in [-0.25, -0.2) is 9.37 Å². The summed E-state index contributed by atoms with van der Waals surface area (Å²) in [5, 5.41) is 3.52. The number of anilines is 3. The average Bonchev–Trinajstić information content (AvgIpc) is 3.17. The van der Waals surface area contributed by atoms with Gasteiger partial charge in [0, 0.05) is 56.2 Å². The minimum absolute atomic E-state index is 0.230. The van der Waals surface area contributed by atoms with E-state index in [9.17, 15) is 8.60 Å². The monoisotopic (exact) mass is 457 g/mol. The van der Waals surface area contributed by atoms with Gasteiger partial charge in [0.05, 0.1) is 16.5 Å². The molecular weight excluding hydrogens is 429 g/mol. The van der Waals surface area contributed by atoms with Crippen LogP contribution in [-0.4, -0.2) is 58.3 Å². The van der Waals surface area contributed by atoms with Crippen LogP contribution >= 0.6 is 0 Å². The van der Waals surface area contributed by atoms with Gasteiger partial charge < -0.3 is 19.9 Å². The molecule has 5 rings (SSSR count). The fourth-order valence-electron chi connectivity index (χ4n) is 4.51. The molecular formula is C23H28FN5O2S. The topological polar surface area (TPSA) is 70.6 Å². The van der Waals surface area contributed by atoms with E-state index >= 15 is 0 Å². The quantitative estimate of drug-likeness (QED) is 0.685. The molecule has 9 heteroatoms. The van der Waals surface area contributed by atoms with Gasteiger partial charge in [-0.05, 0) is 49.7 Å². The first-order chi connectivity index (χ1) is 15.6. The Morgan fingerprint density at radius 3 is 2.72 bits per heavy atom. The lowest BCUT2D eigenvalue weighted by Crippen LogP contribution is -2.53. The number of hydrogen-bond acceptors (Lipinski definition) is 7. The molecule has 0 bridgehead atoms. The lowest BCUT2D eigenvalue weighted by molar-refractivity contribution is 0.0903. The summed E-state index contributed by atoms with van der Waals surface area (Å²) in [5.41, 5.74) is 1.87. The lowest BCUT2D eigenvalue weighted by atomic mass is 10.0. The number of rotatable bonds is 7. The summed E-state index contributed by atoms with van der Waals surface area (Å²) in [4.78, 5) is 14.6. The minimum Gasteiger partial charge on any atom is -0.381 e. The number of benzene rings is 1. The van der Waals surface area contributed by atoms with Crippen LogP contribution < -0.4 is 15.1 Å². The molecule has 1 N–H and O–H groups in total. The zero-order chi connectivity index (χ0) is 22.1. The van der Waals surface area contributed by atoms with Crippen molar-refractivity contribution in [3.63, 3.8) is 0 Å². The zero-order valence-electron chi connectivity index (χ0n) is 18.0. The van der Waals surface area contributed by atoms with Crippen LogP contribution in [0.15, 0.2) is 41.9 Å². The molecule has 7 nitrogen and oxygen atoms in total. The van der Waals surface area contributed by atoms with Crippen LogP contribution in [0.3, 0.4) is 0 Å². The first kappa shape index (κ1) is 21.3. The first-order valence-corrected chi connectivity index (χ1v) is 12.5. The smallest absolute Gasteiger partial charge is 0.231 e. The third kappa shape index (κ3) is 4.23. The van der Waals surface area contributed by atoms with Gasteiger partial charge in [-0.1, -0.05) is 6.58 Å². The average molecular weight is 458 g/mol. The van der Waals surface area contributed by atoms with Crippen molar-refractivity contribution in [1.82, 2.24) is 9.97 Å². The highest BCUT2D eigenvalue weighted by Gasteiger charge is 2.32. The number of nitrogens with one attached hydrogen (secondary N) is 1. The molecule has 0 saturated carbocycles. The SMILES string of the molecule is C=CN(CC1CCN1c1ccc(F)cc1)c1nc2c(c(NC3CCOCC3)n1)S(=O)CC2. The van der Waals surface area contributed by atoms with Crippen LogP contribution in [-0.2, 0) is 22.0 Å². The highest BCUT2D eigenvalue weighted by molar-refractivity contribution is 7.85. The van der Waals surface area contributed by atoms with E-state index in [-0.39, 0.29) is 17.9 Å². The van der Waals surface area contributed by atoms with Crippen molar-refractivity contribution in [2.75, 3.05) is 47.2 Å². The molecule has 2 fully saturated rings. The maximum absolute atomic E-state index is 13.3. The Morgan fingerprint density at radius 2 is 2.03 bits per heavy atom. The van der Waals surface area contributed by atoms with Gasteiger partial charge in [-0.3, -0.25) is 4.21 Å². The second-order valence-electron chi connectivity index (χ2n) is 8.43. The standard InChI is InChI=1S/C23H28FN5O2S/c1-2-28(15-19-7-11-29(19)18-5-3-16(24)4-6-18)23-26-20-10-14-32(30)21(20)22(27-23)25-17-8-12-31-13-9-17/h2-6,17,19H,1,7-15H2,(H,25,26,27). The third-order valence-corrected chi connectivity index (χ3v) is 7.88. The Bertz CT molecular complexity index is 1010. The van der Waals surface area contributed by atoms with Gasteiger partial charge in [0.1, 0.15) is 16.5 Å². The van der Waals surface area contributed by atoms with Crippen LogP contribution in [0.2, 0.25) is 0 Å². The van der Waals surface area contributed by atoms with Crippen molar-refractivity contribution in [2.45, 2.75) is 42.7 Å². The summed E-state index contributed by atoms with van der Waals surface area (Å²) < 4.78 is 31.4. The van der Waals surface area contributed by atoms with E-state index in [1.165, 1.54) is 12.1 Å². The van der Waals surface area contributed by atoms with Crippen molar-refractivity contribution in [1.29, 1.82) is 0 Å². The van der Waals surface area contributed by atoms with Gasteiger partial charge in [0.2, 0.25) is 5.95 Å². The predicted molar refractivity (Wildman–Crippen MR) is 124 cm³/mol. The summed E-state index contributed by atoms with van der Waals surface area (Å²) in [7, 11) is -1.07. The summed E-state index contributed by atoms with van der Waals surface area (Å²) in [6, 6.07) is 7.14. The van der Waals surface area contributed by atoms with Crippen molar-refractivity contribution in [3.05, 3.63) is 48.6 Å². The molecule has 3 aliphatic heterocycles. The molecule has 2 unspecified atom stereocenters. The Morgan fingerprint density at radius 1 is 1.25 bits per heavy atom. The van der Waals surface area contributed by atoms with Crippen molar-refractivity contribution in [2.24, 2.45) is 0 Å². The number of nitrogens with zero attached hydrogens (tertiary/aromatic N) is 4. The second kappa shape index (κ2) is 9.15. The maximum Gasteiger partial charge on any atom is 0.231 e. The molecule has 2 atom stereocenters. The van der Waals surface area contributed by atoms with Gasteiger partial charge in [-0.2, -0.15) is 4.98 Å². The number of ether oxygens (including phenoxy) is 1. The number of halogens is 1. The molecule has 0 spiro atoms. The molecule has 0 aliphatic carbocycles. The van der Waals surface area contributed by atoms with Crippen LogP contribution in [0.5, 0.6) is 0 Å². The van der Waals surface area contributed by atoms with E-state index in [1.807, 2.05) is 17.0 Å². The summed E-state index contributed by atoms with van der Waals surface area (Å²) in [6.45, 7) is 7.05. The summed E-state index contributed by atoms with van der Waals surface area (Å²) in [6.07, 6.45) is 5.29. The predicted octanol–water partition coefficient (Wildman–Crippen LogP) is 3.10. The van der Waals surface area contributed by atoms with Crippen molar-refractivity contribution in [3.8, 4) is 0 Å². The van der Waals surface area contributed by atoms with Crippen molar-refractivity contribution >= 4 is 28.3 Å². The fraction of sp³-hybridized carbons (Fsp3) is 0.478. The Balaban J connectivity index is 1.37. The summed E-state index contributed by atoms with van der Waals surface area (Å²) >= 11 is 0. The molecule has 3 aliphatic rings. The molecule has 4 heterocycles. The van der Waals surface area contributed by atoms with Gasteiger partial charge in [-0.15, -0.1) is 0 Å². The van der Waals surface area contributed by atoms with E-state index in [0.29, 0.717) is 30.5 Å². The largest absolute Gasteiger partial charge is 0.381 e. The molecule has 0 radical (unpaired) electrons. The van der Waals surface area contributed by atoms with Crippen molar-refractivity contribution < 1.29 is 13.3 Å². The number of hydrogen-bond donors (Lipinski definition) is 1. The van der Waals surface area contributed by atoms with Gasteiger partial charge in [0.15, 0.2) is 0 Å². The number of aryl methyl sites for hydroxylation is 1. The highest BCUT2D eigenvalue weighted by atomic mass is 32.2. The van der Waals surface area contributed by atoms with Crippen LogP contribution in [0.1, 0.15) is 25.0 Å². The Kier molecular flexibility index (Phi) is 6.10. The highest BCUT2D eigenvalue weighted by Crippen LogP contribution is 2.32. The molecule has 170 valence electrons. The first-order valence-electron chi connectivity index (χ1n) is 11.2. The van der Waals surface area contributed by atoms with Crippen LogP contribution in [0, 0.1) is 5.82 Å². The lowest BCUT2D eigenvalue weighted by Gasteiger charge is -2.44. The molecule has 2 saturated heterocycles. The number of aromatic nitrogens is 2. The van der Waals surface area contributed by atoms with Crippen LogP contribution in [0.4, 0.5) is 21.8 Å². The molecule has 32 heavy (non-hydrogen) atoms. The molecule has 2 aromatic rings. The minimum atomic E-state index is -1.07. The van der Waals surface area contributed by atoms with E-state index in [2.05, 4.69) is 16.8 Å². The second-order valence-corrected chi connectivity index (χ2v) is 9.93. The summed E-state index contributed by atoms with van der Waals surface area (Å²) in [5.74, 6) is 1.62. The molecule has 0 amide bonds. The maximum atomic E-state index is 13.3. The Labute approximate surface area is 190 Å². The van der Waals surface area contributed by atoms with E-state index in [4.69, 9.17) is 14.7 Å². The normalized spacial score (nSPS) is 22.8. The molecule has 1 aromatic heterocycles. The van der Waals surface area contributed by atoms with E-state index in [0.717, 1.165) is 55.3 Å². The number of fused-ring (bicyclic) bond motifs is 1. The fourth-order valence-corrected chi connectivity index (χ4v) is 5.83.